The number of carbonyl (C=O) groups excluding carboxylic acids is 1. The minimum atomic E-state index is -0.279. The van der Waals surface area contributed by atoms with Crippen LogP contribution in [0.25, 0.3) is 0 Å². The normalized spacial score (nSPS) is 10.0. The number of carbonyl (C=O) groups is 1. The van der Waals surface area contributed by atoms with Gasteiger partial charge in [0.05, 0.1) is 7.11 Å². The fourth-order valence-corrected chi connectivity index (χ4v) is 2.17. The van der Waals surface area contributed by atoms with E-state index in [1.165, 1.54) is 0 Å². The number of hydrogen-bond acceptors (Lipinski definition) is 4. The van der Waals surface area contributed by atoms with Crippen LogP contribution in [-0.2, 0) is 4.79 Å². The summed E-state index contributed by atoms with van der Waals surface area (Å²) in [6, 6.07) is 9.05. The standard InChI is InChI=1S/C15H15BrN2O3/c1-10-7-11(16)8-17-15(10)18-14(19)9-21-13-6-4-3-5-12(13)20-2/h3-8H,9H2,1-2H3,(H,17,18,19). The van der Waals surface area contributed by atoms with Crippen LogP contribution in [0.5, 0.6) is 11.5 Å². The van der Waals surface area contributed by atoms with Crippen LogP contribution in [0.2, 0.25) is 0 Å². The van der Waals surface area contributed by atoms with E-state index in [1.54, 1.807) is 25.4 Å². The Balaban J connectivity index is 1.96. The van der Waals surface area contributed by atoms with Crippen molar-refractivity contribution in [2.24, 2.45) is 0 Å². The molecule has 0 aliphatic carbocycles. The lowest BCUT2D eigenvalue weighted by Crippen LogP contribution is -2.21. The molecule has 0 radical (unpaired) electrons. The van der Waals surface area contributed by atoms with Crippen LogP contribution in [0.4, 0.5) is 5.82 Å². The second-order valence-electron chi connectivity index (χ2n) is 4.31. The highest BCUT2D eigenvalue weighted by Crippen LogP contribution is 2.25. The van der Waals surface area contributed by atoms with Gasteiger partial charge in [0.25, 0.3) is 5.91 Å². The van der Waals surface area contributed by atoms with Crippen LogP contribution >= 0.6 is 15.9 Å². The van der Waals surface area contributed by atoms with E-state index in [0.29, 0.717) is 17.3 Å². The molecule has 0 aliphatic heterocycles. The van der Waals surface area contributed by atoms with Gasteiger partial charge in [0.15, 0.2) is 18.1 Å². The minimum Gasteiger partial charge on any atom is -0.493 e. The van der Waals surface area contributed by atoms with Gasteiger partial charge in [0.2, 0.25) is 0 Å². The van der Waals surface area contributed by atoms with Crippen molar-refractivity contribution >= 4 is 27.7 Å². The summed E-state index contributed by atoms with van der Waals surface area (Å²) < 4.78 is 11.5. The predicted octanol–water partition coefficient (Wildman–Crippen LogP) is 3.18. The van der Waals surface area contributed by atoms with E-state index in [2.05, 4.69) is 26.2 Å². The third-order valence-electron chi connectivity index (χ3n) is 2.73. The Hall–Kier alpha value is -2.08. The molecular weight excluding hydrogens is 336 g/mol. The topological polar surface area (TPSA) is 60.5 Å². The van der Waals surface area contributed by atoms with Gasteiger partial charge in [-0.3, -0.25) is 4.79 Å². The number of halogens is 1. The summed E-state index contributed by atoms with van der Waals surface area (Å²) in [5.41, 5.74) is 0.870. The quantitative estimate of drug-likeness (QED) is 0.899. The largest absolute Gasteiger partial charge is 0.493 e. The van der Waals surface area contributed by atoms with E-state index >= 15 is 0 Å². The van der Waals surface area contributed by atoms with Gasteiger partial charge < -0.3 is 14.8 Å². The average molecular weight is 351 g/mol. The molecule has 0 spiro atoms. The van der Waals surface area contributed by atoms with Crippen LogP contribution in [0.15, 0.2) is 41.0 Å². The summed E-state index contributed by atoms with van der Waals surface area (Å²) >= 11 is 3.33. The zero-order valence-corrected chi connectivity index (χ0v) is 13.3. The zero-order valence-electron chi connectivity index (χ0n) is 11.7. The Morgan fingerprint density at radius 3 is 2.71 bits per heavy atom. The van der Waals surface area contributed by atoms with E-state index < -0.39 is 0 Å². The molecule has 0 saturated heterocycles. The Kier molecular flexibility index (Phi) is 5.16. The van der Waals surface area contributed by atoms with Crippen molar-refractivity contribution in [3.8, 4) is 11.5 Å². The molecule has 2 aromatic rings. The predicted molar refractivity (Wildman–Crippen MR) is 83.8 cm³/mol. The summed E-state index contributed by atoms with van der Waals surface area (Å²) in [6.45, 7) is 1.76. The van der Waals surface area contributed by atoms with Crippen LogP contribution in [0.3, 0.4) is 0 Å². The monoisotopic (exact) mass is 350 g/mol. The first kappa shape index (κ1) is 15.3. The van der Waals surface area contributed by atoms with Crippen molar-refractivity contribution in [2.75, 3.05) is 19.0 Å². The number of benzene rings is 1. The van der Waals surface area contributed by atoms with E-state index in [9.17, 15) is 4.79 Å². The van der Waals surface area contributed by atoms with E-state index in [1.807, 2.05) is 25.1 Å². The summed E-state index contributed by atoms with van der Waals surface area (Å²) in [5.74, 6) is 1.35. The van der Waals surface area contributed by atoms with E-state index in [0.717, 1.165) is 10.0 Å². The lowest BCUT2D eigenvalue weighted by Gasteiger charge is -2.11. The van der Waals surface area contributed by atoms with Crippen molar-refractivity contribution in [1.29, 1.82) is 0 Å². The Labute approximate surface area is 131 Å². The van der Waals surface area contributed by atoms with Crippen molar-refractivity contribution in [1.82, 2.24) is 4.98 Å². The molecule has 1 amide bonds. The third kappa shape index (κ3) is 4.19. The van der Waals surface area contributed by atoms with Crippen LogP contribution < -0.4 is 14.8 Å². The average Bonchev–Trinajstić information content (AvgIpc) is 2.48. The molecule has 0 aliphatic rings. The van der Waals surface area contributed by atoms with Gasteiger partial charge in [-0.1, -0.05) is 12.1 Å². The summed E-state index contributed by atoms with van der Waals surface area (Å²) in [7, 11) is 1.55. The van der Waals surface area contributed by atoms with E-state index in [4.69, 9.17) is 9.47 Å². The number of nitrogens with one attached hydrogen (secondary N) is 1. The molecule has 1 aromatic heterocycles. The molecule has 110 valence electrons. The molecule has 21 heavy (non-hydrogen) atoms. The Morgan fingerprint density at radius 1 is 1.33 bits per heavy atom. The summed E-state index contributed by atoms with van der Waals surface area (Å²) in [4.78, 5) is 16.0. The number of nitrogens with zero attached hydrogens (tertiary/aromatic N) is 1. The highest BCUT2D eigenvalue weighted by molar-refractivity contribution is 9.10. The molecule has 5 nitrogen and oxygen atoms in total. The first-order valence-electron chi connectivity index (χ1n) is 6.28. The second-order valence-corrected chi connectivity index (χ2v) is 5.22. The zero-order chi connectivity index (χ0) is 15.2. The number of ether oxygens (including phenoxy) is 2. The number of aromatic nitrogens is 1. The number of anilines is 1. The first-order valence-corrected chi connectivity index (χ1v) is 7.07. The van der Waals surface area contributed by atoms with Gasteiger partial charge in [-0.2, -0.15) is 0 Å². The van der Waals surface area contributed by atoms with Crippen LogP contribution in [0, 0.1) is 6.92 Å². The molecule has 2 rings (SSSR count). The van der Waals surface area contributed by atoms with Gasteiger partial charge in [0.1, 0.15) is 5.82 Å². The SMILES string of the molecule is COc1ccccc1OCC(=O)Nc1ncc(Br)cc1C. The maximum Gasteiger partial charge on any atom is 0.263 e. The molecule has 0 atom stereocenters. The molecule has 0 saturated carbocycles. The van der Waals surface area contributed by atoms with Crippen LogP contribution in [0.1, 0.15) is 5.56 Å². The smallest absolute Gasteiger partial charge is 0.263 e. The molecule has 0 bridgehead atoms. The number of hydrogen-bond donors (Lipinski definition) is 1. The molecule has 1 N–H and O–H groups in total. The second kappa shape index (κ2) is 7.08. The number of methoxy groups -OCH3 is 1. The highest BCUT2D eigenvalue weighted by atomic mass is 79.9. The molecule has 0 fully saturated rings. The highest BCUT2D eigenvalue weighted by Gasteiger charge is 2.09. The number of para-hydroxylation sites is 2. The Morgan fingerprint density at radius 2 is 2.05 bits per heavy atom. The van der Waals surface area contributed by atoms with Gasteiger partial charge in [-0.25, -0.2) is 4.98 Å². The van der Waals surface area contributed by atoms with E-state index in [-0.39, 0.29) is 12.5 Å². The Bertz CT molecular complexity index is 647. The molecule has 0 unspecified atom stereocenters. The summed E-state index contributed by atoms with van der Waals surface area (Å²) in [5, 5.41) is 2.71. The fourth-order valence-electron chi connectivity index (χ4n) is 1.72. The van der Waals surface area contributed by atoms with Crippen molar-refractivity contribution in [3.63, 3.8) is 0 Å². The first-order chi connectivity index (χ1) is 10.1. The molecule has 6 heteroatoms. The van der Waals surface area contributed by atoms with Crippen molar-refractivity contribution < 1.29 is 14.3 Å². The van der Waals surface area contributed by atoms with Crippen molar-refractivity contribution in [2.45, 2.75) is 6.92 Å². The third-order valence-corrected chi connectivity index (χ3v) is 3.16. The van der Waals surface area contributed by atoms with Gasteiger partial charge >= 0.3 is 0 Å². The fraction of sp³-hybridized carbons (Fsp3) is 0.200. The van der Waals surface area contributed by atoms with Gasteiger partial charge in [0, 0.05) is 10.7 Å². The van der Waals surface area contributed by atoms with Crippen molar-refractivity contribution in [3.05, 3.63) is 46.6 Å². The number of rotatable bonds is 5. The summed E-state index contributed by atoms with van der Waals surface area (Å²) in [6.07, 6.45) is 1.63. The molecular formula is C15H15BrN2O3. The lowest BCUT2D eigenvalue weighted by atomic mass is 10.3. The van der Waals surface area contributed by atoms with Gasteiger partial charge in [-0.05, 0) is 46.6 Å². The molecule has 1 heterocycles. The van der Waals surface area contributed by atoms with Crippen LogP contribution in [-0.4, -0.2) is 24.6 Å². The molecule has 1 aromatic carbocycles. The maximum absolute atomic E-state index is 11.9. The van der Waals surface area contributed by atoms with Gasteiger partial charge in [-0.15, -0.1) is 0 Å². The maximum atomic E-state index is 11.9. The number of pyridine rings is 1. The lowest BCUT2D eigenvalue weighted by molar-refractivity contribution is -0.118. The minimum absolute atomic E-state index is 0.114. The number of amides is 1. The number of aryl methyl sites for hydroxylation is 1.